The van der Waals surface area contributed by atoms with E-state index in [2.05, 4.69) is 5.32 Å². The Morgan fingerprint density at radius 3 is 2.08 bits per heavy atom. The normalized spacial score (nSPS) is 12.2. The molecule has 0 fully saturated rings. The number of halogens is 1. The smallest absolute Gasteiger partial charge is 0.264 e. The summed E-state index contributed by atoms with van der Waals surface area (Å²) in [6.45, 7) is 5.46. The molecular weight excluding hydrogens is 522 g/mol. The molecule has 202 valence electrons. The van der Waals surface area contributed by atoms with E-state index < -0.39 is 28.5 Å². The number of carbonyl (C=O) groups is 2. The van der Waals surface area contributed by atoms with Gasteiger partial charge in [-0.1, -0.05) is 80.9 Å². The molecule has 0 bridgehead atoms. The summed E-state index contributed by atoms with van der Waals surface area (Å²) in [5.41, 5.74) is 2.06. The molecule has 7 nitrogen and oxygen atoms in total. The van der Waals surface area contributed by atoms with Crippen LogP contribution in [0.2, 0.25) is 5.02 Å². The molecule has 0 saturated heterocycles. The quantitative estimate of drug-likeness (QED) is 0.352. The minimum atomic E-state index is -4.10. The van der Waals surface area contributed by atoms with Gasteiger partial charge in [0.1, 0.15) is 12.6 Å². The maximum atomic E-state index is 13.9. The van der Waals surface area contributed by atoms with Gasteiger partial charge in [-0.05, 0) is 53.8 Å². The minimum absolute atomic E-state index is 0.0515. The van der Waals surface area contributed by atoms with Crippen LogP contribution in [0.15, 0.2) is 83.8 Å². The Morgan fingerprint density at radius 1 is 0.921 bits per heavy atom. The summed E-state index contributed by atoms with van der Waals surface area (Å²) in [5.74, 6) is -0.603. The van der Waals surface area contributed by atoms with Crippen LogP contribution in [-0.4, -0.2) is 44.8 Å². The second kappa shape index (κ2) is 12.9. The highest BCUT2D eigenvalue weighted by atomic mass is 35.5. The number of nitrogens with one attached hydrogen (secondary N) is 1. The van der Waals surface area contributed by atoms with Crippen molar-refractivity contribution in [3.05, 3.63) is 95.0 Å². The standard InChI is InChI=1S/C29H34ClN3O4S/c1-5-27(29(35)31-4)32(19-23-11-9-10-14-26(23)30)28(34)20-33(24-17-15-22(16-18-24)21(2)3)38(36,37)25-12-7-6-8-13-25/h6-18,21,27H,5,19-20H2,1-4H3,(H,31,35)/t27-/m1/s1. The number of anilines is 1. The van der Waals surface area contributed by atoms with E-state index in [1.807, 2.05) is 26.0 Å². The van der Waals surface area contributed by atoms with Crippen molar-refractivity contribution in [1.29, 1.82) is 0 Å². The van der Waals surface area contributed by atoms with Crippen molar-refractivity contribution in [2.24, 2.45) is 0 Å². The molecule has 0 heterocycles. The van der Waals surface area contributed by atoms with Crippen LogP contribution in [0.1, 0.15) is 44.2 Å². The predicted octanol–water partition coefficient (Wildman–Crippen LogP) is 5.21. The van der Waals surface area contributed by atoms with Gasteiger partial charge >= 0.3 is 0 Å². The van der Waals surface area contributed by atoms with Gasteiger partial charge in [-0.3, -0.25) is 13.9 Å². The van der Waals surface area contributed by atoms with Crippen molar-refractivity contribution in [3.8, 4) is 0 Å². The zero-order valence-corrected chi connectivity index (χ0v) is 23.7. The molecule has 0 spiro atoms. The lowest BCUT2D eigenvalue weighted by Gasteiger charge is -2.33. The topological polar surface area (TPSA) is 86.8 Å². The van der Waals surface area contributed by atoms with Gasteiger partial charge in [0.2, 0.25) is 11.8 Å². The van der Waals surface area contributed by atoms with Crippen LogP contribution in [0.5, 0.6) is 0 Å². The molecular formula is C29H34ClN3O4S. The number of benzene rings is 3. The molecule has 3 rings (SSSR count). The van der Waals surface area contributed by atoms with Gasteiger partial charge in [-0.25, -0.2) is 8.42 Å². The molecule has 2 amide bonds. The van der Waals surface area contributed by atoms with Crippen molar-refractivity contribution in [1.82, 2.24) is 10.2 Å². The van der Waals surface area contributed by atoms with Gasteiger partial charge in [0, 0.05) is 18.6 Å². The molecule has 38 heavy (non-hydrogen) atoms. The van der Waals surface area contributed by atoms with E-state index in [1.54, 1.807) is 61.5 Å². The Kier molecular flexibility index (Phi) is 9.94. The molecule has 0 unspecified atom stereocenters. The highest BCUT2D eigenvalue weighted by molar-refractivity contribution is 7.92. The van der Waals surface area contributed by atoms with Crippen molar-refractivity contribution in [2.45, 2.75) is 50.6 Å². The van der Waals surface area contributed by atoms with E-state index in [1.165, 1.54) is 24.1 Å². The largest absolute Gasteiger partial charge is 0.357 e. The van der Waals surface area contributed by atoms with Crippen LogP contribution in [0, 0.1) is 0 Å². The number of amides is 2. The van der Waals surface area contributed by atoms with Gasteiger partial charge in [0.15, 0.2) is 0 Å². The number of likely N-dealkylation sites (N-methyl/N-ethyl adjacent to an activating group) is 1. The second-order valence-corrected chi connectivity index (χ2v) is 11.5. The third kappa shape index (κ3) is 6.74. The Labute approximate surface area is 230 Å². The first-order valence-electron chi connectivity index (χ1n) is 12.5. The van der Waals surface area contributed by atoms with Crippen LogP contribution in [0.25, 0.3) is 0 Å². The van der Waals surface area contributed by atoms with Gasteiger partial charge in [-0.15, -0.1) is 0 Å². The molecule has 0 aromatic heterocycles. The van der Waals surface area contributed by atoms with Crippen LogP contribution < -0.4 is 9.62 Å². The molecule has 0 aliphatic heterocycles. The van der Waals surface area contributed by atoms with E-state index in [9.17, 15) is 18.0 Å². The molecule has 0 radical (unpaired) electrons. The zero-order valence-electron chi connectivity index (χ0n) is 22.1. The first-order chi connectivity index (χ1) is 18.1. The monoisotopic (exact) mass is 555 g/mol. The number of rotatable bonds is 11. The number of nitrogens with zero attached hydrogens (tertiary/aromatic N) is 2. The van der Waals surface area contributed by atoms with E-state index in [4.69, 9.17) is 11.6 Å². The lowest BCUT2D eigenvalue weighted by atomic mass is 10.0. The first kappa shape index (κ1) is 29.2. The van der Waals surface area contributed by atoms with Crippen molar-refractivity contribution >= 4 is 39.1 Å². The number of carbonyl (C=O) groups excluding carboxylic acids is 2. The molecule has 3 aromatic rings. The predicted molar refractivity (Wildman–Crippen MR) is 152 cm³/mol. The summed E-state index contributed by atoms with van der Waals surface area (Å²) in [5, 5.41) is 3.07. The van der Waals surface area contributed by atoms with Crippen molar-refractivity contribution in [2.75, 3.05) is 17.9 Å². The van der Waals surface area contributed by atoms with E-state index in [0.717, 1.165) is 9.87 Å². The average molecular weight is 556 g/mol. The number of sulfonamides is 1. The van der Waals surface area contributed by atoms with Crippen LogP contribution in [0.3, 0.4) is 0 Å². The Balaban J connectivity index is 2.07. The molecule has 0 saturated carbocycles. The number of hydrogen-bond donors (Lipinski definition) is 1. The third-order valence-electron chi connectivity index (χ3n) is 6.39. The second-order valence-electron chi connectivity index (χ2n) is 9.22. The summed E-state index contributed by atoms with van der Waals surface area (Å²) in [6, 6.07) is 21.4. The summed E-state index contributed by atoms with van der Waals surface area (Å²) in [6.07, 6.45) is 0.338. The summed E-state index contributed by atoms with van der Waals surface area (Å²) >= 11 is 6.38. The average Bonchev–Trinajstić information content (AvgIpc) is 2.92. The first-order valence-corrected chi connectivity index (χ1v) is 14.3. The van der Waals surface area contributed by atoms with Crippen LogP contribution in [-0.2, 0) is 26.2 Å². The third-order valence-corrected chi connectivity index (χ3v) is 8.55. The summed E-state index contributed by atoms with van der Waals surface area (Å²) in [4.78, 5) is 28.1. The van der Waals surface area contributed by atoms with Gasteiger partial charge in [-0.2, -0.15) is 0 Å². The Morgan fingerprint density at radius 2 is 1.53 bits per heavy atom. The highest BCUT2D eigenvalue weighted by Gasteiger charge is 2.33. The maximum Gasteiger partial charge on any atom is 0.264 e. The molecule has 3 aromatic carbocycles. The van der Waals surface area contributed by atoms with E-state index >= 15 is 0 Å². The fourth-order valence-corrected chi connectivity index (χ4v) is 5.80. The molecule has 1 N–H and O–H groups in total. The Hall–Kier alpha value is -3.36. The molecule has 0 aliphatic carbocycles. The zero-order chi connectivity index (χ0) is 27.9. The van der Waals surface area contributed by atoms with Crippen LogP contribution in [0.4, 0.5) is 5.69 Å². The SMILES string of the molecule is CC[C@H](C(=O)NC)N(Cc1ccccc1Cl)C(=O)CN(c1ccc(C(C)C)cc1)S(=O)(=O)c1ccccc1. The molecule has 9 heteroatoms. The van der Waals surface area contributed by atoms with Crippen LogP contribution >= 0.6 is 11.6 Å². The van der Waals surface area contributed by atoms with Crippen molar-refractivity contribution in [3.63, 3.8) is 0 Å². The fourth-order valence-electron chi connectivity index (χ4n) is 4.17. The summed E-state index contributed by atoms with van der Waals surface area (Å²) in [7, 11) is -2.59. The van der Waals surface area contributed by atoms with E-state index in [0.29, 0.717) is 22.7 Å². The maximum absolute atomic E-state index is 13.9. The van der Waals surface area contributed by atoms with Gasteiger partial charge < -0.3 is 10.2 Å². The van der Waals surface area contributed by atoms with Crippen molar-refractivity contribution < 1.29 is 18.0 Å². The fraction of sp³-hybridized carbons (Fsp3) is 0.310. The van der Waals surface area contributed by atoms with E-state index in [-0.39, 0.29) is 23.3 Å². The molecule has 1 atom stereocenters. The number of hydrogen-bond acceptors (Lipinski definition) is 4. The van der Waals surface area contributed by atoms with Gasteiger partial charge in [0.05, 0.1) is 10.6 Å². The molecule has 0 aliphatic rings. The lowest BCUT2D eigenvalue weighted by molar-refractivity contribution is -0.140. The minimum Gasteiger partial charge on any atom is -0.357 e. The lowest BCUT2D eigenvalue weighted by Crippen LogP contribution is -2.51. The highest BCUT2D eigenvalue weighted by Crippen LogP contribution is 2.27. The van der Waals surface area contributed by atoms with Gasteiger partial charge in [0.25, 0.3) is 10.0 Å². The summed E-state index contributed by atoms with van der Waals surface area (Å²) < 4.78 is 28.7. The Bertz CT molecular complexity index is 1350.